The van der Waals surface area contributed by atoms with Crippen molar-refractivity contribution in [2.75, 3.05) is 14.2 Å². The lowest BCUT2D eigenvalue weighted by Gasteiger charge is -1.92. The first-order valence-corrected chi connectivity index (χ1v) is 2.45. The number of nitrogens with zero attached hydrogens (tertiary/aromatic N) is 1. The molecule has 0 aromatic carbocycles. The Morgan fingerprint density at radius 2 is 2.11 bits per heavy atom. The normalized spacial score (nSPS) is 10.8. The summed E-state index contributed by atoms with van der Waals surface area (Å²) < 4.78 is 4.18. The molecule has 0 radical (unpaired) electrons. The molecule has 0 unspecified atom stereocenters. The van der Waals surface area contributed by atoms with Crippen LogP contribution in [0.5, 0.6) is 0 Å². The minimum Gasteiger partial charge on any atom is -0.464 e. The number of methoxy groups -OCH3 is 1. The number of esters is 1. The maximum atomic E-state index is 10.3. The van der Waals surface area contributed by atoms with Gasteiger partial charge in [0.15, 0.2) is 0 Å². The zero-order valence-electron chi connectivity index (χ0n) is 5.05. The second-order valence-corrected chi connectivity index (χ2v) is 1.41. The van der Waals surface area contributed by atoms with Crippen LogP contribution in [0.25, 0.3) is 0 Å². The van der Waals surface area contributed by atoms with E-state index < -0.39 is 5.97 Å². The van der Waals surface area contributed by atoms with Gasteiger partial charge in [-0.15, -0.1) is 0 Å². The number of oxime groups is 1. The van der Waals surface area contributed by atoms with Crippen molar-refractivity contribution in [2.45, 2.75) is 0 Å². The molecule has 0 heterocycles. The molecule has 0 N–H and O–H groups in total. The SMILES string of the molecule is CON=C(Cl)C(=O)OC. The molecule has 0 amide bonds. The van der Waals surface area contributed by atoms with Gasteiger partial charge in [-0.3, -0.25) is 0 Å². The largest absolute Gasteiger partial charge is 0.464 e. The van der Waals surface area contributed by atoms with E-state index in [4.69, 9.17) is 11.6 Å². The van der Waals surface area contributed by atoms with Gasteiger partial charge in [0.2, 0.25) is 0 Å². The highest BCUT2D eigenvalue weighted by molar-refractivity contribution is 6.81. The van der Waals surface area contributed by atoms with E-state index in [-0.39, 0.29) is 5.17 Å². The first kappa shape index (κ1) is 8.23. The monoisotopic (exact) mass is 151 g/mol. The lowest BCUT2D eigenvalue weighted by atomic mass is 10.7. The van der Waals surface area contributed by atoms with Gasteiger partial charge in [0.05, 0.1) is 7.11 Å². The highest BCUT2D eigenvalue weighted by atomic mass is 35.5. The van der Waals surface area contributed by atoms with E-state index >= 15 is 0 Å². The molecule has 0 saturated heterocycles. The lowest BCUT2D eigenvalue weighted by molar-refractivity contribution is -0.132. The zero-order chi connectivity index (χ0) is 7.28. The summed E-state index contributed by atoms with van der Waals surface area (Å²) in [6, 6.07) is 0. The Bertz CT molecular complexity index is 134. The highest BCUT2D eigenvalue weighted by Gasteiger charge is 2.06. The zero-order valence-corrected chi connectivity index (χ0v) is 5.81. The minimum atomic E-state index is -0.710. The fourth-order valence-electron chi connectivity index (χ4n) is 0.202. The number of hydrogen-bond donors (Lipinski definition) is 0. The maximum absolute atomic E-state index is 10.3. The standard InChI is InChI=1S/C4H6ClNO3/c1-8-4(7)3(5)6-9-2/h1-2H3. The van der Waals surface area contributed by atoms with Gasteiger partial charge in [-0.2, -0.15) is 0 Å². The van der Waals surface area contributed by atoms with Crippen LogP contribution >= 0.6 is 11.6 Å². The predicted octanol–water partition coefficient (Wildman–Crippen LogP) is 0.358. The van der Waals surface area contributed by atoms with Crippen LogP contribution in [0.2, 0.25) is 0 Å². The van der Waals surface area contributed by atoms with Gasteiger partial charge in [-0.05, 0) is 0 Å². The quantitative estimate of drug-likeness (QED) is 0.325. The summed E-state index contributed by atoms with van der Waals surface area (Å²) in [5.74, 6) is -0.710. The van der Waals surface area contributed by atoms with E-state index in [1.165, 1.54) is 14.2 Å². The molecule has 4 nitrogen and oxygen atoms in total. The fourth-order valence-corrected chi connectivity index (χ4v) is 0.348. The fraction of sp³-hybridized carbons (Fsp3) is 0.500. The van der Waals surface area contributed by atoms with Crippen molar-refractivity contribution >= 4 is 22.7 Å². The van der Waals surface area contributed by atoms with E-state index in [1.54, 1.807) is 0 Å². The van der Waals surface area contributed by atoms with Gasteiger partial charge >= 0.3 is 5.97 Å². The van der Waals surface area contributed by atoms with Crippen molar-refractivity contribution in [3.05, 3.63) is 0 Å². The Hall–Kier alpha value is -0.770. The van der Waals surface area contributed by atoms with Gasteiger partial charge in [-0.25, -0.2) is 4.79 Å². The van der Waals surface area contributed by atoms with Gasteiger partial charge in [0.1, 0.15) is 7.11 Å². The van der Waals surface area contributed by atoms with Crippen LogP contribution in [0.15, 0.2) is 5.16 Å². The van der Waals surface area contributed by atoms with Crippen molar-refractivity contribution < 1.29 is 14.4 Å². The molecule has 0 atom stereocenters. The summed E-state index contributed by atoms with van der Waals surface area (Å²) in [6.07, 6.45) is 0. The summed E-state index contributed by atoms with van der Waals surface area (Å²) in [5, 5.41) is 2.78. The van der Waals surface area contributed by atoms with E-state index in [2.05, 4.69) is 14.7 Å². The lowest BCUT2D eigenvalue weighted by Crippen LogP contribution is -2.09. The van der Waals surface area contributed by atoms with Crippen LogP contribution in [-0.2, 0) is 14.4 Å². The molecule has 0 rings (SSSR count). The molecule has 52 valence electrons. The average molecular weight is 152 g/mol. The van der Waals surface area contributed by atoms with Gasteiger partial charge in [-0.1, -0.05) is 16.8 Å². The Balaban J connectivity index is 3.86. The van der Waals surface area contributed by atoms with Crippen LogP contribution in [0, 0.1) is 0 Å². The minimum absolute atomic E-state index is 0.319. The molecule has 0 aliphatic heterocycles. The van der Waals surface area contributed by atoms with Gasteiger partial charge < -0.3 is 9.57 Å². The number of carbonyl (C=O) groups excluding carboxylic acids is 1. The van der Waals surface area contributed by atoms with E-state index in [0.717, 1.165) is 0 Å². The Morgan fingerprint density at radius 3 is 2.44 bits per heavy atom. The molecule has 0 aliphatic carbocycles. The smallest absolute Gasteiger partial charge is 0.372 e. The number of ether oxygens (including phenoxy) is 1. The van der Waals surface area contributed by atoms with Crippen LogP contribution < -0.4 is 0 Å². The van der Waals surface area contributed by atoms with Gasteiger partial charge in [0.25, 0.3) is 5.17 Å². The van der Waals surface area contributed by atoms with Crippen LogP contribution in [0.3, 0.4) is 0 Å². The average Bonchev–Trinajstić information content (AvgIpc) is 1.87. The van der Waals surface area contributed by atoms with Crippen LogP contribution in [0.1, 0.15) is 0 Å². The molecule has 0 saturated carbocycles. The van der Waals surface area contributed by atoms with E-state index in [0.29, 0.717) is 0 Å². The molecule has 9 heavy (non-hydrogen) atoms. The molecule has 0 spiro atoms. The third-order valence-corrected chi connectivity index (χ3v) is 0.749. The summed E-state index contributed by atoms with van der Waals surface area (Å²) in [7, 11) is 2.49. The summed E-state index contributed by atoms with van der Waals surface area (Å²) >= 11 is 5.18. The molecular weight excluding hydrogens is 146 g/mol. The molecular formula is C4H6ClNO3. The molecule has 0 bridgehead atoms. The van der Waals surface area contributed by atoms with Crippen LogP contribution in [0.4, 0.5) is 0 Å². The van der Waals surface area contributed by atoms with Crippen LogP contribution in [-0.4, -0.2) is 25.4 Å². The van der Waals surface area contributed by atoms with Crippen molar-refractivity contribution in [1.29, 1.82) is 0 Å². The highest BCUT2D eigenvalue weighted by Crippen LogP contribution is 1.88. The summed E-state index contributed by atoms with van der Waals surface area (Å²) in [5.41, 5.74) is 0. The van der Waals surface area contributed by atoms with Crippen molar-refractivity contribution in [1.82, 2.24) is 0 Å². The third kappa shape index (κ3) is 2.92. The molecule has 0 fully saturated rings. The summed E-state index contributed by atoms with van der Waals surface area (Å²) in [6.45, 7) is 0. The molecule has 0 aromatic heterocycles. The van der Waals surface area contributed by atoms with E-state index in [9.17, 15) is 4.79 Å². The number of carbonyl (C=O) groups is 1. The Kier molecular flexibility index (Phi) is 3.79. The number of hydrogen-bond acceptors (Lipinski definition) is 4. The Labute approximate surface area is 57.4 Å². The van der Waals surface area contributed by atoms with E-state index in [1.807, 2.05) is 0 Å². The molecule has 5 heteroatoms. The van der Waals surface area contributed by atoms with Crippen molar-refractivity contribution in [3.8, 4) is 0 Å². The number of rotatable bonds is 2. The van der Waals surface area contributed by atoms with Crippen molar-refractivity contribution in [3.63, 3.8) is 0 Å². The second kappa shape index (κ2) is 4.14. The topological polar surface area (TPSA) is 47.9 Å². The summed E-state index contributed by atoms with van der Waals surface area (Å²) in [4.78, 5) is 14.5. The second-order valence-electron chi connectivity index (χ2n) is 1.06. The van der Waals surface area contributed by atoms with Gasteiger partial charge in [0, 0.05) is 0 Å². The maximum Gasteiger partial charge on any atom is 0.372 e. The molecule has 0 aromatic rings. The Morgan fingerprint density at radius 1 is 1.56 bits per heavy atom. The predicted molar refractivity (Wildman–Crippen MR) is 32.3 cm³/mol. The number of halogens is 1. The third-order valence-electron chi connectivity index (χ3n) is 0.525. The first-order chi connectivity index (χ1) is 4.22. The molecule has 0 aliphatic rings. The van der Waals surface area contributed by atoms with Crippen molar-refractivity contribution in [2.24, 2.45) is 5.16 Å². The first-order valence-electron chi connectivity index (χ1n) is 2.07.